The van der Waals surface area contributed by atoms with Gasteiger partial charge in [0.15, 0.2) is 0 Å². The van der Waals surface area contributed by atoms with Gasteiger partial charge in [-0.15, -0.1) is 0 Å². The molecule has 0 aliphatic carbocycles. The zero-order valence-corrected chi connectivity index (χ0v) is 17.2. The quantitative estimate of drug-likeness (QED) is 0.410. The summed E-state index contributed by atoms with van der Waals surface area (Å²) in [7, 11) is 0. The van der Waals surface area contributed by atoms with Crippen LogP contribution in [0.15, 0.2) is 85.1 Å². The number of rotatable bonds is 8. The van der Waals surface area contributed by atoms with E-state index in [0.717, 1.165) is 23.1 Å². The number of para-hydroxylation sites is 1. The lowest BCUT2D eigenvalue weighted by Gasteiger charge is -2.20. The van der Waals surface area contributed by atoms with Gasteiger partial charge in [-0.1, -0.05) is 78.4 Å². The minimum Gasteiger partial charge on any atom is -0.361 e. The molecular weight excluding hydrogens is 370 g/mol. The number of nitrogens with one attached hydrogen (secondary N) is 3. The van der Waals surface area contributed by atoms with Crippen molar-refractivity contribution in [2.45, 2.75) is 19.4 Å². The maximum absolute atomic E-state index is 12.5. The van der Waals surface area contributed by atoms with E-state index < -0.39 is 0 Å². The maximum atomic E-state index is 12.5. The molecule has 4 heteroatoms. The van der Waals surface area contributed by atoms with Crippen molar-refractivity contribution in [3.63, 3.8) is 0 Å². The van der Waals surface area contributed by atoms with Crippen LogP contribution in [0.3, 0.4) is 0 Å². The highest BCUT2D eigenvalue weighted by atomic mass is 16.1. The topological polar surface area (TPSA) is 56.9 Å². The molecule has 4 rings (SSSR count). The number of carbonyl (C=O) groups excluding carboxylic acids is 1. The zero-order valence-electron chi connectivity index (χ0n) is 17.2. The number of benzene rings is 3. The highest BCUT2D eigenvalue weighted by molar-refractivity contribution is 5.83. The number of carbonyl (C=O) groups is 1. The van der Waals surface area contributed by atoms with E-state index in [0.29, 0.717) is 6.54 Å². The summed E-state index contributed by atoms with van der Waals surface area (Å²) in [6.45, 7) is 2.96. The largest absolute Gasteiger partial charge is 0.361 e. The van der Waals surface area contributed by atoms with E-state index >= 15 is 0 Å². The van der Waals surface area contributed by atoms with E-state index in [1.54, 1.807) is 0 Å². The van der Waals surface area contributed by atoms with E-state index in [9.17, 15) is 4.79 Å². The summed E-state index contributed by atoms with van der Waals surface area (Å²) in [5.41, 5.74) is 5.87. The van der Waals surface area contributed by atoms with Crippen molar-refractivity contribution in [3.05, 3.63) is 107 Å². The standard InChI is InChI=1S/C26H27N3O/c1-19-11-13-21(14-12-19)26(20-7-3-2-4-8-20)29-18-25(30)27-16-15-22-17-28-24-10-6-5-9-23(22)24/h2-14,17,26,28-29H,15-16,18H2,1H3,(H,27,30)/t26-/m0/s1. The molecule has 4 aromatic rings. The molecule has 1 heterocycles. The third-order valence-electron chi connectivity index (χ3n) is 5.40. The Kier molecular flexibility index (Phi) is 6.26. The molecule has 3 N–H and O–H groups in total. The number of fused-ring (bicyclic) bond motifs is 1. The predicted octanol–water partition coefficient (Wildman–Crippen LogP) is 4.51. The van der Waals surface area contributed by atoms with Crippen LogP contribution in [0.5, 0.6) is 0 Å². The number of aryl methyl sites for hydroxylation is 1. The molecule has 4 nitrogen and oxygen atoms in total. The van der Waals surface area contributed by atoms with Gasteiger partial charge in [0, 0.05) is 23.6 Å². The number of amides is 1. The molecule has 0 radical (unpaired) electrons. The first-order valence-corrected chi connectivity index (χ1v) is 10.4. The van der Waals surface area contributed by atoms with Crippen molar-refractivity contribution >= 4 is 16.8 Å². The lowest BCUT2D eigenvalue weighted by Crippen LogP contribution is -2.37. The zero-order chi connectivity index (χ0) is 20.8. The molecule has 0 aliphatic heterocycles. The number of aromatic nitrogens is 1. The Morgan fingerprint density at radius 2 is 1.60 bits per heavy atom. The van der Waals surface area contributed by atoms with Gasteiger partial charge in [0.1, 0.15) is 0 Å². The Morgan fingerprint density at radius 1 is 0.900 bits per heavy atom. The van der Waals surface area contributed by atoms with Gasteiger partial charge in [-0.25, -0.2) is 0 Å². The van der Waals surface area contributed by atoms with E-state index in [2.05, 4.69) is 71.1 Å². The minimum atomic E-state index is -0.0221. The Hall–Kier alpha value is -3.37. The molecule has 30 heavy (non-hydrogen) atoms. The third kappa shape index (κ3) is 4.78. The molecule has 0 spiro atoms. The number of aromatic amines is 1. The summed E-state index contributed by atoms with van der Waals surface area (Å²) in [4.78, 5) is 15.8. The molecule has 1 aromatic heterocycles. The minimum absolute atomic E-state index is 0.00267. The van der Waals surface area contributed by atoms with E-state index in [4.69, 9.17) is 0 Å². The van der Waals surface area contributed by atoms with Crippen LogP contribution >= 0.6 is 0 Å². The van der Waals surface area contributed by atoms with E-state index in [1.165, 1.54) is 16.5 Å². The second kappa shape index (κ2) is 9.42. The molecule has 0 bridgehead atoms. The molecule has 1 amide bonds. The van der Waals surface area contributed by atoms with Gasteiger partial charge < -0.3 is 10.3 Å². The van der Waals surface area contributed by atoms with Gasteiger partial charge in [0.25, 0.3) is 0 Å². The van der Waals surface area contributed by atoms with Gasteiger partial charge in [-0.05, 0) is 36.1 Å². The smallest absolute Gasteiger partial charge is 0.233 e. The average Bonchev–Trinajstić information content (AvgIpc) is 3.19. The number of hydrogen-bond donors (Lipinski definition) is 3. The molecular formula is C26H27N3O. The molecule has 152 valence electrons. The monoisotopic (exact) mass is 397 g/mol. The number of H-pyrrole nitrogens is 1. The van der Waals surface area contributed by atoms with Crippen molar-refractivity contribution in [1.29, 1.82) is 0 Å². The fourth-order valence-corrected chi connectivity index (χ4v) is 3.76. The van der Waals surface area contributed by atoms with Crippen molar-refractivity contribution in [2.75, 3.05) is 13.1 Å². The van der Waals surface area contributed by atoms with Crippen LogP contribution < -0.4 is 10.6 Å². The summed E-state index contributed by atoms with van der Waals surface area (Å²) in [6.07, 6.45) is 2.83. The van der Waals surface area contributed by atoms with Crippen molar-refractivity contribution in [2.24, 2.45) is 0 Å². The number of hydrogen-bond acceptors (Lipinski definition) is 2. The molecule has 0 saturated carbocycles. The average molecular weight is 398 g/mol. The van der Waals surface area contributed by atoms with E-state index in [-0.39, 0.29) is 18.5 Å². The van der Waals surface area contributed by atoms with Gasteiger partial charge in [-0.2, -0.15) is 0 Å². The lowest BCUT2D eigenvalue weighted by molar-refractivity contribution is -0.120. The molecule has 0 fully saturated rings. The van der Waals surface area contributed by atoms with Crippen LogP contribution in [0.1, 0.15) is 28.3 Å². The first-order chi connectivity index (χ1) is 14.7. The van der Waals surface area contributed by atoms with Gasteiger partial charge in [0.05, 0.1) is 12.6 Å². The normalized spacial score (nSPS) is 12.0. The molecule has 3 aromatic carbocycles. The van der Waals surface area contributed by atoms with Crippen molar-refractivity contribution in [3.8, 4) is 0 Å². The molecule has 0 aliphatic rings. The highest BCUT2D eigenvalue weighted by Gasteiger charge is 2.15. The van der Waals surface area contributed by atoms with Crippen LogP contribution in [-0.4, -0.2) is 24.0 Å². The molecule has 0 saturated heterocycles. The molecule has 1 atom stereocenters. The van der Waals surface area contributed by atoms with Gasteiger partial charge in [-0.3, -0.25) is 10.1 Å². The SMILES string of the molecule is Cc1ccc([C@@H](NCC(=O)NCCc2c[nH]c3ccccc23)c2ccccc2)cc1. The Bertz CT molecular complexity index is 1100. The fraction of sp³-hybridized carbons (Fsp3) is 0.192. The summed E-state index contributed by atoms with van der Waals surface area (Å²) < 4.78 is 0. The second-order valence-electron chi connectivity index (χ2n) is 7.59. The molecule has 0 unspecified atom stereocenters. The summed E-state index contributed by atoms with van der Waals surface area (Å²) in [5.74, 6) is 0.00267. The first-order valence-electron chi connectivity index (χ1n) is 10.4. The Labute approximate surface area is 177 Å². The lowest BCUT2D eigenvalue weighted by atomic mass is 9.98. The Balaban J connectivity index is 1.35. The van der Waals surface area contributed by atoms with Crippen LogP contribution in [0.4, 0.5) is 0 Å². The Morgan fingerprint density at radius 3 is 2.40 bits per heavy atom. The summed E-state index contributed by atoms with van der Waals surface area (Å²) in [5, 5.41) is 7.68. The van der Waals surface area contributed by atoms with Crippen molar-refractivity contribution in [1.82, 2.24) is 15.6 Å². The summed E-state index contributed by atoms with van der Waals surface area (Å²) in [6, 6.07) is 26.9. The van der Waals surface area contributed by atoms with Crippen molar-refractivity contribution < 1.29 is 4.79 Å². The fourth-order valence-electron chi connectivity index (χ4n) is 3.76. The first kappa shape index (κ1) is 19.9. The van der Waals surface area contributed by atoms with Crippen LogP contribution in [0.25, 0.3) is 10.9 Å². The predicted molar refractivity (Wildman–Crippen MR) is 122 cm³/mol. The second-order valence-corrected chi connectivity index (χ2v) is 7.59. The van der Waals surface area contributed by atoms with Crippen LogP contribution in [-0.2, 0) is 11.2 Å². The summed E-state index contributed by atoms with van der Waals surface area (Å²) >= 11 is 0. The highest BCUT2D eigenvalue weighted by Crippen LogP contribution is 2.22. The van der Waals surface area contributed by atoms with Gasteiger partial charge >= 0.3 is 0 Å². The van der Waals surface area contributed by atoms with Crippen LogP contribution in [0.2, 0.25) is 0 Å². The van der Waals surface area contributed by atoms with E-state index in [1.807, 2.05) is 36.5 Å². The third-order valence-corrected chi connectivity index (χ3v) is 5.40. The maximum Gasteiger partial charge on any atom is 0.233 e. The van der Waals surface area contributed by atoms with Gasteiger partial charge in [0.2, 0.25) is 5.91 Å². The van der Waals surface area contributed by atoms with Crippen LogP contribution in [0, 0.1) is 6.92 Å².